The molecule has 8 nitrogen and oxygen atoms in total. The van der Waals surface area contributed by atoms with Gasteiger partial charge in [-0.3, -0.25) is 4.57 Å². The first-order valence-corrected chi connectivity index (χ1v) is 9.90. The number of nitrogen functional groups attached to an aromatic ring is 1. The van der Waals surface area contributed by atoms with Gasteiger partial charge in [-0.05, 0) is 18.4 Å². The van der Waals surface area contributed by atoms with Gasteiger partial charge >= 0.3 is 5.97 Å². The molecule has 1 aliphatic heterocycles. The number of anilines is 1. The van der Waals surface area contributed by atoms with Crippen molar-refractivity contribution in [3.63, 3.8) is 0 Å². The number of hydrogen-bond donors (Lipinski definition) is 1. The number of carbonyl (C=O) groups excluding carboxylic acids is 1. The van der Waals surface area contributed by atoms with Gasteiger partial charge < -0.3 is 15.2 Å². The lowest BCUT2D eigenvalue weighted by atomic mass is 10.2. The largest absolute Gasteiger partial charge is 0.454 e. The van der Waals surface area contributed by atoms with Gasteiger partial charge in [0.15, 0.2) is 17.7 Å². The summed E-state index contributed by atoms with van der Waals surface area (Å²) in [5.41, 5.74) is 7.44. The van der Waals surface area contributed by atoms with Crippen LogP contribution in [0.2, 0.25) is 0 Å². The van der Waals surface area contributed by atoms with E-state index in [2.05, 4.69) is 15.0 Å². The maximum absolute atomic E-state index is 12.5. The second-order valence-corrected chi connectivity index (χ2v) is 7.14. The molecule has 0 saturated carbocycles. The highest BCUT2D eigenvalue weighted by molar-refractivity contribution is 7.98. The molecule has 9 heteroatoms. The van der Waals surface area contributed by atoms with Crippen LogP contribution in [0.4, 0.5) is 5.82 Å². The smallest absolute Gasteiger partial charge is 0.338 e. The van der Waals surface area contributed by atoms with Crippen LogP contribution in [0.1, 0.15) is 23.0 Å². The molecule has 0 spiro atoms. The molecule has 2 aromatic heterocycles. The van der Waals surface area contributed by atoms with Crippen LogP contribution in [-0.2, 0) is 9.47 Å². The van der Waals surface area contributed by atoms with Crippen LogP contribution in [0.15, 0.2) is 43.0 Å². The number of imidazole rings is 1. The lowest BCUT2D eigenvalue weighted by Crippen LogP contribution is -2.25. The van der Waals surface area contributed by atoms with Crippen molar-refractivity contribution in [3.05, 3.63) is 48.5 Å². The number of carbonyl (C=O) groups is 1. The summed E-state index contributed by atoms with van der Waals surface area (Å²) in [6, 6.07) is 8.92. The average molecular weight is 385 g/mol. The van der Waals surface area contributed by atoms with E-state index in [1.165, 1.54) is 6.33 Å². The van der Waals surface area contributed by atoms with E-state index in [1.54, 1.807) is 46.9 Å². The predicted molar refractivity (Wildman–Crippen MR) is 102 cm³/mol. The molecule has 1 saturated heterocycles. The Bertz CT molecular complexity index is 949. The summed E-state index contributed by atoms with van der Waals surface area (Å²) in [5, 5.41) is 0. The number of fused-ring (bicyclic) bond motifs is 1. The second-order valence-electron chi connectivity index (χ2n) is 6.23. The highest BCUT2D eigenvalue weighted by Gasteiger charge is 2.40. The molecule has 3 aromatic rings. The number of ether oxygens (including phenoxy) is 2. The zero-order chi connectivity index (χ0) is 18.8. The van der Waals surface area contributed by atoms with Crippen LogP contribution in [0.25, 0.3) is 11.2 Å². The van der Waals surface area contributed by atoms with Gasteiger partial charge in [0.25, 0.3) is 0 Å². The minimum Gasteiger partial charge on any atom is -0.454 e. The summed E-state index contributed by atoms with van der Waals surface area (Å²) < 4.78 is 13.7. The van der Waals surface area contributed by atoms with Crippen molar-refractivity contribution in [2.75, 3.05) is 17.7 Å². The zero-order valence-corrected chi connectivity index (χ0v) is 15.5. The second kappa shape index (κ2) is 7.53. The first-order valence-electron chi connectivity index (χ1n) is 8.51. The Morgan fingerprint density at radius 1 is 1.33 bits per heavy atom. The number of nitrogens with two attached hydrogens (primary N) is 1. The van der Waals surface area contributed by atoms with Gasteiger partial charge in [-0.25, -0.2) is 19.7 Å². The maximum Gasteiger partial charge on any atom is 0.338 e. The van der Waals surface area contributed by atoms with Gasteiger partial charge in [-0.15, -0.1) is 0 Å². The van der Waals surface area contributed by atoms with Crippen molar-refractivity contribution in [1.82, 2.24) is 19.5 Å². The lowest BCUT2D eigenvalue weighted by Gasteiger charge is -2.20. The summed E-state index contributed by atoms with van der Waals surface area (Å²) in [4.78, 5) is 25.1. The summed E-state index contributed by atoms with van der Waals surface area (Å²) in [5.74, 6) is 0.729. The van der Waals surface area contributed by atoms with Crippen LogP contribution < -0.4 is 5.73 Å². The number of esters is 1. The molecular formula is C18H19N5O3S. The number of nitrogens with zero attached hydrogens (tertiary/aromatic N) is 4. The quantitative estimate of drug-likeness (QED) is 0.667. The minimum atomic E-state index is -0.519. The Morgan fingerprint density at radius 2 is 2.15 bits per heavy atom. The van der Waals surface area contributed by atoms with Crippen molar-refractivity contribution in [2.24, 2.45) is 0 Å². The fourth-order valence-corrected chi connectivity index (χ4v) is 3.78. The molecule has 27 heavy (non-hydrogen) atoms. The molecule has 0 unspecified atom stereocenters. The Hall–Kier alpha value is -2.65. The predicted octanol–water partition coefficient (Wildman–Crippen LogP) is 2.28. The van der Waals surface area contributed by atoms with Gasteiger partial charge in [0.05, 0.1) is 18.0 Å². The van der Waals surface area contributed by atoms with Gasteiger partial charge in [-0.2, -0.15) is 11.8 Å². The van der Waals surface area contributed by atoms with E-state index in [4.69, 9.17) is 15.2 Å². The van der Waals surface area contributed by atoms with Crippen molar-refractivity contribution in [2.45, 2.75) is 24.9 Å². The molecule has 1 aliphatic rings. The third-order valence-corrected chi connectivity index (χ3v) is 5.13. The third kappa shape index (κ3) is 3.47. The highest BCUT2D eigenvalue weighted by Crippen LogP contribution is 2.35. The standard InChI is InChI=1S/C18H19N5O3S/c1-27-8-12-7-13(26-18(24)11-5-3-2-4-6-11)17(25-12)23-10-22-14-15(19)20-9-21-16(14)23/h2-6,9-10,12-13,17H,7-8H2,1H3,(H2,19,20,21)/t12-,13+,17+/m0/s1. The Balaban J connectivity index is 1.63. The normalized spacial score (nSPS) is 22.2. The molecule has 2 N–H and O–H groups in total. The fraction of sp³-hybridized carbons (Fsp3) is 0.333. The van der Waals surface area contributed by atoms with E-state index in [1.807, 2.05) is 12.3 Å². The molecule has 1 fully saturated rings. The SMILES string of the molecule is CSC[C@@H]1C[C@@H](OC(=O)c2ccccc2)[C@H](n2cnc3c(N)ncnc32)O1. The van der Waals surface area contributed by atoms with E-state index in [0.717, 1.165) is 5.75 Å². The highest BCUT2D eigenvalue weighted by atomic mass is 32.2. The summed E-state index contributed by atoms with van der Waals surface area (Å²) in [7, 11) is 0. The average Bonchev–Trinajstić information content (AvgIpc) is 3.27. The van der Waals surface area contributed by atoms with Crippen LogP contribution in [0.5, 0.6) is 0 Å². The maximum atomic E-state index is 12.5. The lowest BCUT2D eigenvalue weighted by molar-refractivity contribution is -0.0419. The van der Waals surface area contributed by atoms with E-state index in [0.29, 0.717) is 29.0 Å². The molecule has 3 heterocycles. The first-order chi connectivity index (χ1) is 13.2. The van der Waals surface area contributed by atoms with Crippen molar-refractivity contribution >= 4 is 34.7 Å². The molecule has 0 amide bonds. The molecule has 0 radical (unpaired) electrons. The van der Waals surface area contributed by atoms with Gasteiger partial charge in [-0.1, -0.05) is 18.2 Å². The van der Waals surface area contributed by atoms with E-state index in [-0.39, 0.29) is 12.1 Å². The van der Waals surface area contributed by atoms with E-state index >= 15 is 0 Å². The molecule has 0 aliphatic carbocycles. The molecule has 3 atom stereocenters. The number of hydrogen-bond acceptors (Lipinski definition) is 8. The Morgan fingerprint density at radius 3 is 2.93 bits per heavy atom. The van der Waals surface area contributed by atoms with E-state index in [9.17, 15) is 4.79 Å². The van der Waals surface area contributed by atoms with E-state index < -0.39 is 12.3 Å². The first kappa shape index (κ1) is 17.7. The number of aromatic nitrogens is 4. The topological polar surface area (TPSA) is 105 Å². The van der Waals surface area contributed by atoms with Gasteiger partial charge in [0, 0.05) is 12.2 Å². The molecule has 4 rings (SSSR count). The molecule has 0 bridgehead atoms. The van der Waals surface area contributed by atoms with Crippen molar-refractivity contribution in [3.8, 4) is 0 Å². The number of benzene rings is 1. The van der Waals surface area contributed by atoms with Crippen LogP contribution >= 0.6 is 11.8 Å². The summed E-state index contributed by atoms with van der Waals surface area (Å²) in [6.07, 6.45) is 4.60. The van der Waals surface area contributed by atoms with Crippen molar-refractivity contribution in [1.29, 1.82) is 0 Å². The van der Waals surface area contributed by atoms with Gasteiger partial charge in [0.1, 0.15) is 17.9 Å². The Kier molecular flexibility index (Phi) is 4.95. The number of rotatable bonds is 5. The van der Waals surface area contributed by atoms with Crippen LogP contribution in [-0.4, -0.2) is 49.7 Å². The minimum absolute atomic E-state index is 0.0322. The molecular weight excluding hydrogens is 366 g/mol. The number of thioether (sulfide) groups is 1. The van der Waals surface area contributed by atoms with Crippen LogP contribution in [0, 0.1) is 0 Å². The third-order valence-electron chi connectivity index (χ3n) is 4.43. The summed E-state index contributed by atoms with van der Waals surface area (Å²) in [6.45, 7) is 0. The van der Waals surface area contributed by atoms with Crippen molar-refractivity contribution < 1.29 is 14.3 Å². The molecule has 1 aromatic carbocycles. The Labute approximate surface area is 160 Å². The fourth-order valence-electron chi connectivity index (χ4n) is 3.20. The monoisotopic (exact) mass is 385 g/mol. The van der Waals surface area contributed by atoms with Crippen LogP contribution in [0.3, 0.4) is 0 Å². The van der Waals surface area contributed by atoms with Gasteiger partial charge in [0.2, 0.25) is 0 Å². The summed E-state index contributed by atoms with van der Waals surface area (Å²) >= 11 is 1.69. The zero-order valence-electron chi connectivity index (χ0n) is 14.7. The molecule has 140 valence electrons.